The number of amides is 2. The molecule has 11 heteroatoms. The molecule has 1 saturated carbocycles. The first kappa shape index (κ1) is 24.6. The molecule has 2 N–H and O–H groups in total. The summed E-state index contributed by atoms with van der Waals surface area (Å²) in [6.07, 6.45) is 8.27. The number of nitrogens with one attached hydrogen (secondary N) is 2. The standard InChI is InChI=1S/C29H31N7O4/c1-34(2)23-15-30-28-25-24(26(33-28)17-5-8-39-9-6-17)18-3-4-22-19(11-18)14-31-36(22)7-10-40-29(38)32-20-12-21(13-20)35(16-37)27(23)25/h3-5,11,14-16,20-21H,6-10,12-13H2,1-2H3,(H,30,33)(H,32,38). The number of ether oxygens (including phenoxy) is 2. The number of carbonyl (C=O) groups is 2. The van der Waals surface area contributed by atoms with Crippen molar-refractivity contribution in [3.63, 3.8) is 0 Å². The summed E-state index contributed by atoms with van der Waals surface area (Å²) < 4.78 is 12.9. The summed E-state index contributed by atoms with van der Waals surface area (Å²) in [6, 6.07) is 6.13. The maximum atomic E-state index is 12.8. The summed E-state index contributed by atoms with van der Waals surface area (Å²) in [5, 5.41) is 9.37. The number of alkyl carbamates (subject to hydrolysis) is 1. The molecule has 8 heterocycles. The summed E-state index contributed by atoms with van der Waals surface area (Å²) in [7, 11) is 3.92. The van der Waals surface area contributed by atoms with E-state index in [9.17, 15) is 9.59 Å². The second-order valence-corrected chi connectivity index (χ2v) is 10.8. The summed E-state index contributed by atoms with van der Waals surface area (Å²) >= 11 is 0. The maximum absolute atomic E-state index is 12.8. The highest BCUT2D eigenvalue weighted by Crippen LogP contribution is 2.47. The Morgan fingerprint density at radius 1 is 1.18 bits per heavy atom. The van der Waals surface area contributed by atoms with E-state index >= 15 is 0 Å². The molecule has 3 aromatic heterocycles. The molecule has 206 valence electrons. The molecule has 0 radical (unpaired) electrons. The van der Waals surface area contributed by atoms with Crippen molar-refractivity contribution >= 4 is 51.4 Å². The van der Waals surface area contributed by atoms with Gasteiger partial charge >= 0.3 is 6.09 Å². The predicted molar refractivity (Wildman–Crippen MR) is 152 cm³/mol. The molecule has 10 rings (SSSR count). The average molecular weight is 542 g/mol. The molecular formula is C29H31N7O4. The van der Waals surface area contributed by atoms with Crippen molar-refractivity contribution in [3.8, 4) is 11.1 Å². The number of hydrogen-bond donors (Lipinski definition) is 2. The van der Waals surface area contributed by atoms with Crippen molar-refractivity contribution < 1.29 is 19.1 Å². The molecule has 0 unspecified atom stereocenters. The van der Waals surface area contributed by atoms with E-state index in [1.165, 1.54) is 5.57 Å². The number of aromatic amines is 1. The highest BCUT2D eigenvalue weighted by Gasteiger charge is 2.38. The van der Waals surface area contributed by atoms with E-state index in [2.05, 4.69) is 33.6 Å². The number of aromatic nitrogens is 4. The van der Waals surface area contributed by atoms with Crippen LogP contribution in [0.25, 0.3) is 38.6 Å². The third-order valence-corrected chi connectivity index (χ3v) is 8.21. The van der Waals surface area contributed by atoms with Crippen LogP contribution in [-0.4, -0.2) is 78.3 Å². The summed E-state index contributed by atoms with van der Waals surface area (Å²) in [5.41, 5.74) is 7.49. The third-order valence-electron chi connectivity index (χ3n) is 8.21. The Hall–Kier alpha value is -4.38. The van der Waals surface area contributed by atoms with Crippen LogP contribution in [0.2, 0.25) is 0 Å². The van der Waals surface area contributed by atoms with Crippen molar-refractivity contribution in [1.29, 1.82) is 0 Å². The van der Waals surface area contributed by atoms with Crippen molar-refractivity contribution in [2.45, 2.75) is 37.9 Å². The van der Waals surface area contributed by atoms with Crippen LogP contribution in [0.1, 0.15) is 25.0 Å². The Kier molecular flexibility index (Phi) is 5.96. The molecule has 5 aliphatic heterocycles. The lowest BCUT2D eigenvalue weighted by Gasteiger charge is -2.42. The van der Waals surface area contributed by atoms with Gasteiger partial charge in [-0.05, 0) is 42.5 Å². The van der Waals surface area contributed by atoms with Gasteiger partial charge in [0.15, 0.2) is 0 Å². The summed E-state index contributed by atoms with van der Waals surface area (Å²) in [5.74, 6) is 0. The first-order chi connectivity index (χ1) is 19.5. The van der Waals surface area contributed by atoms with Crippen LogP contribution in [0.4, 0.5) is 16.2 Å². The van der Waals surface area contributed by atoms with Gasteiger partial charge < -0.3 is 29.6 Å². The van der Waals surface area contributed by atoms with E-state index < -0.39 is 6.09 Å². The van der Waals surface area contributed by atoms with E-state index in [-0.39, 0.29) is 18.7 Å². The molecule has 1 aromatic carbocycles. The molecule has 0 atom stereocenters. The minimum Gasteiger partial charge on any atom is -0.448 e. The molecule has 0 saturated heterocycles. The Bertz CT molecular complexity index is 1660. The maximum Gasteiger partial charge on any atom is 0.407 e. The number of H-pyrrole nitrogens is 1. The number of benzene rings is 1. The van der Waals surface area contributed by atoms with Crippen molar-refractivity contribution in [2.24, 2.45) is 0 Å². The molecule has 0 spiro atoms. The predicted octanol–water partition coefficient (Wildman–Crippen LogP) is 3.68. The first-order valence-electron chi connectivity index (χ1n) is 13.6. The van der Waals surface area contributed by atoms with Gasteiger partial charge in [0.1, 0.15) is 12.3 Å². The van der Waals surface area contributed by atoms with Crippen LogP contribution in [-0.2, 0) is 20.8 Å². The van der Waals surface area contributed by atoms with Crippen LogP contribution in [0.5, 0.6) is 0 Å². The van der Waals surface area contributed by atoms with Gasteiger partial charge in [0, 0.05) is 37.1 Å². The highest BCUT2D eigenvalue weighted by atomic mass is 16.5. The number of pyridine rings is 1. The zero-order valence-electron chi connectivity index (χ0n) is 22.5. The minimum absolute atomic E-state index is 0.0657. The Morgan fingerprint density at radius 2 is 2.05 bits per heavy atom. The lowest BCUT2D eigenvalue weighted by atomic mass is 9.85. The lowest BCUT2D eigenvalue weighted by Crippen LogP contribution is -2.54. The number of hydrogen-bond acceptors (Lipinski definition) is 7. The summed E-state index contributed by atoms with van der Waals surface area (Å²) in [6.45, 7) is 1.86. The average Bonchev–Trinajstić information content (AvgIpc) is 3.53. The molecule has 11 nitrogen and oxygen atoms in total. The minimum atomic E-state index is -0.452. The Morgan fingerprint density at radius 3 is 2.83 bits per heavy atom. The van der Waals surface area contributed by atoms with Gasteiger partial charge in [-0.2, -0.15) is 5.10 Å². The zero-order valence-corrected chi connectivity index (χ0v) is 22.5. The first-order valence-corrected chi connectivity index (χ1v) is 13.6. The third kappa shape index (κ3) is 4.00. The molecule has 4 aromatic rings. The number of carbonyl (C=O) groups excluding carboxylic acids is 2. The van der Waals surface area contributed by atoms with Gasteiger partial charge in [0.05, 0.1) is 60.1 Å². The number of nitrogens with zero attached hydrogens (tertiary/aromatic N) is 5. The molecule has 40 heavy (non-hydrogen) atoms. The summed E-state index contributed by atoms with van der Waals surface area (Å²) in [4.78, 5) is 37.5. The SMILES string of the molecule is CN(C)c1cnc2[nH]c(C3=CCOCC3)c3c2c1N(C=O)C1CC(C1)NC(=O)OCCn1ncc2cc-3ccc21. The Balaban J connectivity index is 1.52. The highest BCUT2D eigenvalue weighted by molar-refractivity contribution is 6.13. The molecule has 6 aliphatic rings. The van der Waals surface area contributed by atoms with E-state index in [1.807, 2.05) is 47.0 Å². The second-order valence-electron chi connectivity index (χ2n) is 10.8. The fourth-order valence-corrected chi connectivity index (χ4v) is 6.11. The molecule has 1 aliphatic carbocycles. The zero-order chi connectivity index (χ0) is 27.4. The van der Waals surface area contributed by atoms with Crippen LogP contribution in [0, 0.1) is 0 Å². The van der Waals surface area contributed by atoms with Gasteiger partial charge in [-0.1, -0.05) is 12.1 Å². The molecular weight excluding hydrogens is 510 g/mol. The monoisotopic (exact) mass is 541 g/mol. The topological polar surface area (TPSA) is 118 Å². The fourth-order valence-electron chi connectivity index (χ4n) is 6.11. The van der Waals surface area contributed by atoms with Gasteiger partial charge in [-0.25, -0.2) is 9.78 Å². The van der Waals surface area contributed by atoms with Gasteiger partial charge in [-0.3, -0.25) is 9.48 Å². The van der Waals surface area contributed by atoms with Crippen LogP contribution >= 0.6 is 0 Å². The van der Waals surface area contributed by atoms with Gasteiger partial charge in [-0.15, -0.1) is 0 Å². The van der Waals surface area contributed by atoms with Gasteiger partial charge in [0.25, 0.3) is 0 Å². The molecule has 1 fully saturated rings. The van der Waals surface area contributed by atoms with Crippen molar-refractivity contribution in [3.05, 3.63) is 42.4 Å². The van der Waals surface area contributed by atoms with Gasteiger partial charge in [0.2, 0.25) is 6.41 Å². The Labute approximate surface area is 230 Å². The number of rotatable bonds is 3. The molecule has 6 bridgehead atoms. The van der Waals surface area contributed by atoms with E-state index in [0.29, 0.717) is 32.6 Å². The lowest BCUT2D eigenvalue weighted by molar-refractivity contribution is -0.108. The van der Waals surface area contributed by atoms with Crippen molar-refractivity contribution in [1.82, 2.24) is 25.1 Å². The fraction of sp³-hybridized carbons (Fsp3) is 0.379. The quantitative estimate of drug-likeness (QED) is 0.380. The smallest absolute Gasteiger partial charge is 0.407 e. The number of anilines is 2. The van der Waals surface area contributed by atoms with Crippen molar-refractivity contribution in [2.75, 3.05) is 43.7 Å². The second kappa shape index (κ2) is 9.67. The van der Waals surface area contributed by atoms with Crippen LogP contribution < -0.4 is 15.1 Å². The van der Waals surface area contributed by atoms with Crippen LogP contribution in [0.15, 0.2) is 36.7 Å². The largest absolute Gasteiger partial charge is 0.448 e. The van der Waals surface area contributed by atoms with Crippen LogP contribution in [0.3, 0.4) is 0 Å². The normalized spacial score (nSPS) is 21.1. The molecule has 2 amide bonds. The van der Waals surface area contributed by atoms with E-state index in [1.54, 1.807) is 0 Å². The van der Waals surface area contributed by atoms with E-state index in [4.69, 9.17) is 14.5 Å². The van der Waals surface area contributed by atoms with E-state index in [0.717, 1.165) is 63.0 Å².